The first-order chi connectivity index (χ1) is 8.13. The van der Waals surface area contributed by atoms with E-state index in [1.807, 2.05) is 31.2 Å². The molecule has 3 N–H and O–H groups in total. The van der Waals surface area contributed by atoms with Crippen molar-refractivity contribution in [3.8, 4) is 0 Å². The number of imidazole rings is 1. The van der Waals surface area contributed by atoms with E-state index in [9.17, 15) is 4.79 Å². The molecule has 0 radical (unpaired) electrons. The van der Waals surface area contributed by atoms with Gasteiger partial charge >= 0.3 is 0 Å². The zero-order valence-electron chi connectivity index (χ0n) is 9.74. The van der Waals surface area contributed by atoms with E-state index in [0.717, 1.165) is 17.1 Å². The van der Waals surface area contributed by atoms with E-state index in [-0.39, 0.29) is 5.91 Å². The standard InChI is InChI=1S/C12H14N4O/c1-8-7-13-12(14-8)16-11-5-3-4-10(6-11)15-9(2)17/h3-7H,1-2H3,(H,15,17)(H2,13,14,16). The van der Waals surface area contributed by atoms with Gasteiger partial charge in [-0.1, -0.05) is 6.07 Å². The maximum atomic E-state index is 10.9. The lowest BCUT2D eigenvalue weighted by molar-refractivity contribution is -0.114. The summed E-state index contributed by atoms with van der Waals surface area (Å²) in [5, 5.41) is 5.85. The number of H-pyrrole nitrogens is 1. The lowest BCUT2D eigenvalue weighted by Crippen LogP contribution is -2.05. The molecule has 1 heterocycles. The third kappa shape index (κ3) is 3.07. The summed E-state index contributed by atoms with van der Waals surface area (Å²) in [5.74, 6) is 0.596. The average molecular weight is 230 g/mol. The van der Waals surface area contributed by atoms with E-state index in [1.165, 1.54) is 6.92 Å². The van der Waals surface area contributed by atoms with Gasteiger partial charge in [0.2, 0.25) is 11.9 Å². The molecule has 1 amide bonds. The van der Waals surface area contributed by atoms with Crippen LogP contribution in [0.4, 0.5) is 17.3 Å². The second kappa shape index (κ2) is 4.69. The Labute approximate surface area is 99.3 Å². The van der Waals surface area contributed by atoms with E-state index < -0.39 is 0 Å². The van der Waals surface area contributed by atoms with Crippen LogP contribution in [0, 0.1) is 6.92 Å². The third-order valence-electron chi connectivity index (χ3n) is 2.15. The van der Waals surface area contributed by atoms with Gasteiger partial charge in [0.25, 0.3) is 0 Å². The summed E-state index contributed by atoms with van der Waals surface area (Å²) in [6.45, 7) is 3.42. The van der Waals surface area contributed by atoms with Crippen molar-refractivity contribution >= 4 is 23.2 Å². The topological polar surface area (TPSA) is 69.8 Å². The summed E-state index contributed by atoms with van der Waals surface area (Å²) >= 11 is 0. The minimum atomic E-state index is -0.0870. The largest absolute Gasteiger partial charge is 0.328 e. The van der Waals surface area contributed by atoms with E-state index >= 15 is 0 Å². The van der Waals surface area contributed by atoms with Crippen LogP contribution in [0.25, 0.3) is 0 Å². The molecule has 1 aromatic heterocycles. The van der Waals surface area contributed by atoms with Crippen LogP contribution in [-0.2, 0) is 4.79 Å². The molecule has 0 atom stereocenters. The number of benzene rings is 1. The van der Waals surface area contributed by atoms with Crippen LogP contribution in [0.5, 0.6) is 0 Å². The molecule has 2 rings (SSSR count). The Morgan fingerprint density at radius 3 is 2.76 bits per heavy atom. The van der Waals surface area contributed by atoms with Gasteiger partial charge < -0.3 is 15.6 Å². The average Bonchev–Trinajstić information content (AvgIpc) is 2.63. The number of nitrogens with zero attached hydrogens (tertiary/aromatic N) is 1. The Hall–Kier alpha value is -2.30. The summed E-state index contributed by atoms with van der Waals surface area (Å²) in [7, 11) is 0. The maximum Gasteiger partial charge on any atom is 0.221 e. The maximum absolute atomic E-state index is 10.9. The number of nitrogens with one attached hydrogen (secondary N) is 3. The predicted molar refractivity (Wildman–Crippen MR) is 67.4 cm³/mol. The first-order valence-corrected chi connectivity index (χ1v) is 5.30. The molecule has 5 heteroatoms. The van der Waals surface area contributed by atoms with Gasteiger partial charge in [-0.25, -0.2) is 4.98 Å². The third-order valence-corrected chi connectivity index (χ3v) is 2.15. The van der Waals surface area contributed by atoms with Gasteiger partial charge in [-0.2, -0.15) is 0 Å². The Bertz CT molecular complexity index is 533. The molecular weight excluding hydrogens is 216 g/mol. The highest BCUT2D eigenvalue weighted by atomic mass is 16.1. The van der Waals surface area contributed by atoms with Crippen molar-refractivity contribution in [2.45, 2.75) is 13.8 Å². The second-order valence-electron chi connectivity index (χ2n) is 3.80. The van der Waals surface area contributed by atoms with Gasteiger partial charge in [0.15, 0.2) is 0 Å². The van der Waals surface area contributed by atoms with Crippen molar-refractivity contribution in [1.82, 2.24) is 9.97 Å². The molecular formula is C12H14N4O. The molecule has 0 saturated carbocycles. The molecule has 5 nitrogen and oxygen atoms in total. The Morgan fingerprint density at radius 1 is 1.35 bits per heavy atom. The zero-order chi connectivity index (χ0) is 12.3. The number of carbonyl (C=O) groups excluding carboxylic acids is 1. The van der Waals surface area contributed by atoms with Crippen molar-refractivity contribution in [3.63, 3.8) is 0 Å². The highest BCUT2D eigenvalue weighted by Gasteiger charge is 2.00. The Morgan fingerprint density at radius 2 is 2.12 bits per heavy atom. The SMILES string of the molecule is CC(=O)Nc1cccc(Nc2ncc(C)[nH]2)c1. The number of hydrogen-bond acceptors (Lipinski definition) is 3. The van der Waals surface area contributed by atoms with Crippen LogP contribution in [0.2, 0.25) is 0 Å². The number of hydrogen-bond donors (Lipinski definition) is 3. The summed E-state index contributed by atoms with van der Waals surface area (Å²) < 4.78 is 0. The molecule has 0 spiro atoms. The fraction of sp³-hybridized carbons (Fsp3) is 0.167. The normalized spacial score (nSPS) is 10.0. The van der Waals surface area contributed by atoms with Gasteiger partial charge in [0.1, 0.15) is 0 Å². The molecule has 0 aliphatic carbocycles. The van der Waals surface area contributed by atoms with E-state index in [1.54, 1.807) is 6.20 Å². The summed E-state index contributed by atoms with van der Waals surface area (Å²) in [5.41, 5.74) is 2.61. The lowest BCUT2D eigenvalue weighted by Gasteiger charge is -2.06. The van der Waals surface area contributed by atoms with Crippen LogP contribution in [0.15, 0.2) is 30.5 Å². The number of aromatic nitrogens is 2. The molecule has 0 unspecified atom stereocenters. The van der Waals surface area contributed by atoms with Gasteiger partial charge in [-0.3, -0.25) is 4.79 Å². The quantitative estimate of drug-likeness (QED) is 0.758. The van der Waals surface area contributed by atoms with Crippen LogP contribution in [0.1, 0.15) is 12.6 Å². The summed E-state index contributed by atoms with van der Waals surface area (Å²) in [4.78, 5) is 18.2. The number of amides is 1. The molecule has 88 valence electrons. The number of anilines is 3. The Balaban J connectivity index is 2.13. The van der Waals surface area contributed by atoms with Crippen LogP contribution < -0.4 is 10.6 Å². The minimum Gasteiger partial charge on any atom is -0.328 e. The van der Waals surface area contributed by atoms with E-state index in [4.69, 9.17) is 0 Å². The molecule has 1 aromatic carbocycles. The Kier molecular flexibility index (Phi) is 3.09. The zero-order valence-corrected chi connectivity index (χ0v) is 9.74. The fourth-order valence-electron chi connectivity index (χ4n) is 1.49. The lowest BCUT2D eigenvalue weighted by atomic mass is 10.3. The molecule has 0 saturated heterocycles. The first-order valence-electron chi connectivity index (χ1n) is 5.30. The fourth-order valence-corrected chi connectivity index (χ4v) is 1.49. The van der Waals surface area contributed by atoms with Gasteiger partial charge in [0, 0.05) is 30.2 Å². The number of aryl methyl sites for hydroxylation is 1. The predicted octanol–water partition coefficient (Wildman–Crippen LogP) is 2.42. The molecule has 0 bridgehead atoms. The number of aromatic amines is 1. The van der Waals surface area contributed by atoms with Crippen molar-refractivity contribution in [2.24, 2.45) is 0 Å². The molecule has 17 heavy (non-hydrogen) atoms. The monoisotopic (exact) mass is 230 g/mol. The van der Waals surface area contributed by atoms with E-state index in [2.05, 4.69) is 20.6 Å². The van der Waals surface area contributed by atoms with Crippen molar-refractivity contribution in [3.05, 3.63) is 36.2 Å². The summed E-state index contributed by atoms with van der Waals surface area (Å²) in [6, 6.07) is 7.45. The number of rotatable bonds is 3. The second-order valence-corrected chi connectivity index (χ2v) is 3.80. The van der Waals surface area contributed by atoms with E-state index in [0.29, 0.717) is 5.95 Å². The molecule has 0 fully saturated rings. The molecule has 0 aliphatic heterocycles. The van der Waals surface area contributed by atoms with Crippen LogP contribution >= 0.6 is 0 Å². The van der Waals surface area contributed by atoms with Gasteiger partial charge in [0.05, 0.1) is 0 Å². The van der Waals surface area contributed by atoms with Crippen molar-refractivity contribution in [2.75, 3.05) is 10.6 Å². The van der Waals surface area contributed by atoms with Crippen LogP contribution in [0.3, 0.4) is 0 Å². The smallest absolute Gasteiger partial charge is 0.221 e. The highest BCUT2D eigenvalue weighted by Crippen LogP contribution is 2.18. The first kappa shape index (κ1) is 11.2. The molecule has 0 aliphatic rings. The van der Waals surface area contributed by atoms with Crippen molar-refractivity contribution in [1.29, 1.82) is 0 Å². The highest BCUT2D eigenvalue weighted by molar-refractivity contribution is 5.89. The van der Waals surface area contributed by atoms with Gasteiger partial charge in [-0.15, -0.1) is 0 Å². The summed E-state index contributed by atoms with van der Waals surface area (Å²) in [6.07, 6.45) is 1.75. The van der Waals surface area contributed by atoms with Crippen molar-refractivity contribution < 1.29 is 4.79 Å². The van der Waals surface area contributed by atoms with Crippen LogP contribution in [-0.4, -0.2) is 15.9 Å². The minimum absolute atomic E-state index is 0.0870. The van der Waals surface area contributed by atoms with Gasteiger partial charge in [-0.05, 0) is 25.1 Å². The molecule has 2 aromatic rings. The number of carbonyl (C=O) groups is 1.